The highest BCUT2D eigenvalue weighted by atomic mass is 14.9. The maximum atomic E-state index is 3.70. The van der Waals surface area contributed by atoms with Gasteiger partial charge in [-0.3, -0.25) is 0 Å². The molecule has 1 aliphatic rings. The Morgan fingerprint density at radius 3 is 2.56 bits per heavy atom. The van der Waals surface area contributed by atoms with Crippen molar-refractivity contribution in [1.29, 1.82) is 0 Å². The molecule has 92 valence electrons. The lowest BCUT2D eigenvalue weighted by Crippen LogP contribution is -2.35. The molecular formula is C17H19N. The summed E-state index contributed by atoms with van der Waals surface area (Å²) < 4.78 is 0. The van der Waals surface area contributed by atoms with Gasteiger partial charge in [0.1, 0.15) is 0 Å². The summed E-state index contributed by atoms with van der Waals surface area (Å²) >= 11 is 0. The molecule has 18 heavy (non-hydrogen) atoms. The van der Waals surface area contributed by atoms with Crippen molar-refractivity contribution in [3.05, 3.63) is 65.7 Å². The first-order valence-electron chi connectivity index (χ1n) is 6.71. The fourth-order valence-electron chi connectivity index (χ4n) is 2.79. The van der Waals surface area contributed by atoms with Crippen molar-refractivity contribution >= 4 is 5.69 Å². The molecule has 0 aliphatic carbocycles. The van der Waals surface area contributed by atoms with Crippen LogP contribution in [0.2, 0.25) is 0 Å². The van der Waals surface area contributed by atoms with Crippen LogP contribution in [-0.2, 0) is 12.8 Å². The molecule has 0 bridgehead atoms. The maximum Gasteiger partial charge on any atom is 0.0375 e. The van der Waals surface area contributed by atoms with E-state index >= 15 is 0 Å². The predicted octanol–water partition coefficient (Wildman–Crippen LogP) is 3.90. The highest BCUT2D eigenvalue weighted by Crippen LogP contribution is 2.29. The second-order valence-corrected chi connectivity index (χ2v) is 5.28. The number of anilines is 1. The van der Waals surface area contributed by atoms with Crippen LogP contribution in [-0.4, -0.2) is 6.04 Å². The van der Waals surface area contributed by atoms with Gasteiger partial charge in [0.15, 0.2) is 0 Å². The van der Waals surface area contributed by atoms with Crippen LogP contribution in [0.25, 0.3) is 0 Å². The lowest BCUT2D eigenvalue weighted by Gasteiger charge is -2.32. The molecule has 2 atom stereocenters. The van der Waals surface area contributed by atoms with Gasteiger partial charge in [0.2, 0.25) is 0 Å². The third-order valence-electron chi connectivity index (χ3n) is 3.89. The Hall–Kier alpha value is -1.76. The van der Waals surface area contributed by atoms with E-state index in [-0.39, 0.29) is 0 Å². The Balaban J connectivity index is 1.79. The molecule has 0 fully saturated rings. The molecule has 0 aromatic heterocycles. The van der Waals surface area contributed by atoms with Gasteiger partial charge in [0.05, 0.1) is 0 Å². The molecule has 1 heteroatoms. The average Bonchev–Trinajstić information content (AvgIpc) is 2.41. The lowest BCUT2D eigenvalue weighted by atomic mass is 9.85. The van der Waals surface area contributed by atoms with Crippen LogP contribution in [0, 0.1) is 5.92 Å². The van der Waals surface area contributed by atoms with E-state index in [4.69, 9.17) is 0 Å². The smallest absolute Gasteiger partial charge is 0.0375 e. The summed E-state index contributed by atoms with van der Waals surface area (Å²) in [6.07, 6.45) is 2.29. The van der Waals surface area contributed by atoms with Gasteiger partial charge in [0, 0.05) is 11.7 Å². The molecule has 3 rings (SSSR count). The van der Waals surface area contributed by atoms with E-state index in [1.807, 2.05) is 0 Å². The Kier molecular flexibility index (Phi) is 3.06. The summed E-state index contributed by atoms with van der Waals surface area (Å²) in [5, 5.41) is 3.70. The fourth-order valence-corrected chi connectivity index (χ4v) is 2.79. The number of hydrogen-bond donors (Lipinski definition) is 1. The first-order chi connectivity index (χ1) is 8.83. The molecule has 0 saturated carbocycles. The molecule has 2 aromatic carbocycles. The minimum absolute atomic E-state index is 0.544. The Morgan fingerprint density at radius 2 is 1.72 bits per heavy atom. The van der Waals surface area contributed by atoms with E-state index in [0.29, 0.717) is 12.0 Å². The zero-order valence-corrected chi connectivity index (χ0v) is 10.8. The number of hydrogen-bond acceptors (Lipinski definition) is 1. The van der Waals surface area contributed by atoms with Crippen molar-refractivity contribution < 1.29 is 0 Å². The number of benzene rings is 2. The van der Waals surface area contributed by atoms with Crippen LogP contribution in [0.4, 0.5) is 5.69 Å². The summed E-state index contributed by atoms with van der Waals surface area (Å²) in [4.78, 5) is 0. The number of para-hydroxylation sites is 1. The van der Waals surface area contributed by atoms with Gasteiger partial charge in [-0.15, -0.1) is 0 Å². The van der Waals surface area contributed by atoms with Gasteiger partial charge < -0.3 is 5.32 Å². The topological polar surface area (TPSA) is 12.0 Å². The molecule has 0 radical (unpaired) electrons. The van der Waals surface area contributed by atoms with Crippen LogP contribution in [0.15, 0.2) is 54.6 Å². The molecule has 0 spiro atoms. The summed E-state index contributed by atoms with van der Waals surface area (Å²) in [6.45, 7) is 2.34. The van der Waals surface area contributed by atoms with Crippen molar-refractivity contribution in [2.24, 2.45) is 5.92 Å². The van der Waals surface area contributed by atoms with E-state index in [1.165, 1.54) is 23.2 Å². The summed E-state index contributed by atoms with van der Waals surface area (Å²) in [5.74, 6) is 0.681. The van der Waals surface area contributed by atoms with Gasteiger partial charge in [-0.05, 0) is 36.0 Å². The van der Waals surface area contributed by atoms with E-state index in [9.17, 15) is 0 Å². The van der Waals surface area contributed by atoms with Crippen molar-refractivity contribution in [2.45, 2.75) is 25.8 Å². The van der Waals surface area contributed by atoms with E-state index < -0.39 is 0 Å². The summed E-state index contributed by atoms with van der Waals surface area (Å²) in [6, 6.07) is 20.0. The van der Waals surface area contributed by atoms with Crippen LogP contribution in [0.3, 0.4) is 0 Å². The van der Waals surface area contributed by atoms with Crippen LogP contribution < -0.4 is 5.32 Å². The Labute approximate surface area is 109 Å². The third kappa shape index (κ3) is 2.26. The zero-order valence-electron chi connectivity index (χ0n) is 10.8. The van der Waals surface area contributed by atoms with Crippen molar-refractivity contribution in [3.63, 3.8) is 0 Å². The fraction of sp³-hybridized carbons (Fsp3) is 0.294. The highest BCUT2D eigenvalue weighted by molar-refractivity contribution is 5.54. The molecule has 0 amide bonds. The minimum atomic E-state index is 0.544. The van der Waals surface area contributed by atoms with Gasteiger partial charge in [0.25, 0.3) is 0 Å². The van der Waals surface area contributed by atoms with Crippen molar-refractivity contribution in [3.8, 4) is 0 Å². The van der Waals surface area contributed by atoms with Gasteiger partial charge in [-0.25, -0.2) is 0 Å². The highest BCUT2D eigenvalue weighted by Gasteiger charge is 2.24. The van der Waals surface area contributed by atoms with Crippen LogP contribution in [0.1, 0.15) is 18.1 Å². The Morgan fingerprint density at radius 1 is 1.00 bits per heavy atom. The molecule has 1 N–H and O–H groups in total. The first-order valence-corrected chi connectivity index (χ1v) is 6.71. The second kappa shape index (κ2) is 4.85. The largest absolute Gasteiger partial charge is 0.381 e. The summed E-state index contributed by atoms with van der Waals surface area (Å²) in [7, 11) is 0. The number of nitrogens with one attached hydrogen (secondary N) is 1. The monoisotopic (exact) mass is 237 g/mol. The molecular weight excluding hydrogens is 218 g/mol. The third-order valence-corrected chi connectivity index (χ3v) is 3.89. The van der Waals surface area contributed by atoms with Crippen LogP contribution >= 0.6 is 0 Å². The average molecular weight is 237 g/mol. The molecule has 2 unspecified atom stereocenters. The first kappa shape index (κ1) is 11.3. The van der Waals surface area contributed by atoms with Crippen molar-refractivity contribution in [1.82, 2.24) is 0 Å². The second-order valence-electron chi connectivity index (χ2n) is 5.28. The molecule has 2 aromatic rings. The standard InChI is InChI=1S/C17H19N/c1-13-11-15-9-5-6-10-16(15)18-17(13)12-14-7-3-2-4-8-14/h2-10,13,17-18H,11-12H2,1H3. The van der Waals surface area contributed by atoms with E-state index in [0.717, 1.165) is 6.42 Å². The Bertz CT molecular complexity index is 518. The number of rotatable bonds is 2. The normalized spacial score (nSPS) is 22.1. The number of fused-ring (bicyclic) bond motifs is 1. The molecule has 1 heterocycles. The molecule has 1 aliphatic heterocycles. The van der Waals surface area contributed by atoms with Gasteiger partial charge in [-0.2, -0.15) is 0 Å². The zero-order chi connectivity index (χ0) is 12.4. The SMILES string of the molecule is CC1Cc2ccccc2NC1Cc1ccccc1. The quantitative estimate of drug-likeness (QED) is 0.835. The summed E-state index contributed by atoms with van der Waals surface area (Å²) in [5.41, 5.74) is 4.19. The van der Waals surface area contributed by atoms with E-state index in [1.54, 1.807) is 0 Å². The molecule has 0 saturated heterocycles. The lowest BCUT2D eigenvalue weighted by molar-refractivity contribution is 0.462. The maximum absolute atomic E-state index is 3.70. The predicted molar refractivity (Wildman–Crippen MR) is 76.9 cm³/mol. The van der Waals surface area contributed by atoms with E-state index in [2.05, 4.69) is 66.8 Å². The minimum Gasteiger partial charge on any atom is -0.381 e. The molecule has 1 nitrogen and oxygen atoms in total. The van der Waals surface area contributed by atoms with Gasteiger partial charge >= 0.3 is 0 Å². The van der Waals surface area contributed by atoms with Crippen molar-refractivity contribution in [2.75, 3.05) is 5.32 Å². The van der Waals surface area contributed by atoms with Crippen LogP contribution in [0.5, 0.6) is 0 Å². The van der Waals surface area contributed by atoms with Gasteiger partial charge in [-0.1, -0.05) is 55.5 Å².